The van der Waals surface area contributed by atoms with E-state index in [2.05, 4.69) is 11.2 Å². The molecule has 1 unspecified atom stereocenters. The molecule has 1 heterocycles. The summed E-state index contributed by atoms with van der Waals surface area (Å²) in [5.74, 6) is 1.88. The molecule has 1 fully saturated rings. The second-order valence-corrected chi connectivity index (χ2v) is 3.82. The smallest absolute Gasteiger partial charge is 0.241 e. The largest absolute Gasteiger partial charge is 0.346 e. The van der Waals surface area contributed by atoms with Crippen molar-refractivity contribution in [1.82, 2.24) is 10.2 Å². The van der Waals surface area contributed by atoms with Crippen LogP contribution in [0.4, 0.5) is 0 Å². The Bertz CT molecular complexity index is 303. The molecule has 88 valence electrons. The maximum absolute atomic E-state index is 11.6. The predicted molar refractivity (Wildman–Crippen MR) is 60.2 cm³/mol. The average molecular weight is 223 g/mol. The highest BCUT2D eigenvalue weighted by Gasteiger charge is 2.19. The molecule has 1 atom stereocenters. The number of terminal acetylenes is 1. The molecule has 1 rings (SSSR count). The van der Waals surface area contributed by atoms with Crippen LogP contribution in [0, 0.1) is 12.3 Å². The molecule has 1 saturated heterocycles. The van der Waals surface area contributed by atoms with Crippen LogP contribution in [-0.4, -0.2) is 42.4 Å². The number of carbonyl (C=O) groups is 2. The van der Waals surface area contributed by atoms with E-state index in [0.29, 0.717) is 0 Å². The Kier molecular flexibility index (Phi) is 4.80. The van der Waals surface area contributed by atoms with Gasteiger partial charge >= 0.3 is 0 Å². The summed E-state index contributed by atoms with van der Waals surface area (Å²) in [7, 11) is 0. The van der Waals surface area contributed by atoms with Crippen LogP contribution in [0.5, 0.6) is 0 Å². The first-order chi connectivity index (χ1) is 7.65. The standard InChI is InChI=1S/C11H17N3O2/c1-2-5-9(12)11(16)13-8-10(15)14-6-3-4-7-14/h1,9H,3-8,12H2,(H,13,16). The molecule has 0 aromatic rings. The van der Waals surface area contributed by atoms with E-state index < -0.39 is 6.04 Å². The van der Waals surface area contributed by atoms with Crippen molar-refractivity contribution in [3.05, 3.63) is 0 Å². The van der Waals surface area contributed by atoms with Gasteiger partial charge in [0.2, 0.25) is 11.8 Å². The van der Waals surface area contributed by atoms with Crippen LogP contribution >= 0.6 is 0 Å². The lowest BCUT2D eigenvalue weighted by Crippen LogP contribution is -2.45. The molecule has 0 radical (unpaired) electrons. The fourth-order valence-electron chi connectivity index (χ4n) is 1.59. The lowest BCUT2D eigenvalue weighted by molar-refractivity contribution is -0.132. The van der Waals surface area contributed by atoms with Crippen LogP contribution in [0.1, 0.15) is 19.3 Å². The third-order valence-corrected chi connectivity index (χ3v) is 2.55. The fraction of sp³-hybridized carbons (Fsp3) is 0.636. The van der Waals surface area contributed by atoms with E-state index in [-0.39, 0.29) is 24.8 Å². The summed E-state index contributed by atoms with van der Waals surface area (Å²) in [5.41, 5.74) is 5.49. The van der Waals surface area contributed by atoms with Gasteiger partial charge in [-0.05, 0) is 12.8 Å². The number of hydrogen-bond acceptors (Lipinski definition) is 3. The molecular weight excluding hydrogens is 206 g/mol. The van der Waals surface area contributed by atoms with Crippen molar-refractivity contribution in [1.29, 1.82) is 0 Å². The topological polar surface area (TPSA) is 75.4 Å². The zero-order valence-corrected chi connectivity index (χ0v) is 9.24. The van der Waals surface area contributed by atoms with Gasteiger partial charge in [0.05, 0.1) is 12.6 Å². The normalized spacial score (nSPS) is 16.6. The van der Waals surface area contributed by atoms with Crippen molar-refractivity contribution in [3.63, 3.8) is 0 Å². The molecule has 0 aromatic carbocycles. The lowest BCUT2D eigenvalue weighted by Gasteiger charge is -2.16. The Morgan fingerprint density at radius 1 is 1.44 bits per heavy atom. The Labute approximate surface area is 95.4 Å². The minimum atomic E-state index is -0.726. The number of hydrogen-bond donors (Lipinski definition) is 2. The minimum absolute atomic E-state index is 0.0110. The Morgan fingerprint density at radius 3 is 2.62 bits per heavy atom. The van der Waals surface area contributed by atoms with E-state index in [0.717, 1.165) is 25.9 Å². The Hall–Kier alpha value is -1.54. The molecule has 0 bridgehead atoms. The quantitative estimate of drug-likeness (QED) is 0.605. The van der Waals surface area contributed by atoms with E-state index >= 15 is 0 Å². The van der Waals surface area contributed by atoms with E-state index in [1.54, 1.807) is 4.90 Å². The molecular formula is C11H17N3O2. The van der Waals surface area contributed by atoms with Crippen LogP contribution in [-0.2, 0) is 9.59 Å². The summed E-state index contributed by atoms with van der Waals surface area (Å²) in [5, 5.41) is 2.49. The fourth-order valence-corrected chi connectivity index (χ4v) is 1.59. The van der Waals surface area contributed by atoms with Crippen molar-refractivity contribution < 1.29 is 9.59 Å². The average Bonchev–Trinajstić information content (AvgIpc) is 2.79. The van der Waals surface area contributed by atoms with E-state index in [1.807, 2.05) is 0 Å². The number of nitrogens with zero attached hydrogens (tertiary/aromatic N) is 1. The number of likely N-dealkylation sites (tertiary alicyclic amines) is 1. The van der Waals surface area contributed by atoms with Crippen molar-refractivity contribution in [2.45, 2.75) is 25.3 Å². The number of amides is 2. The first-order valence-electron chi connectivity index (χ1n) is 5.39. The minimum Gasteiger partial charge on any atom is -0.346 e. The summed E-state index contributed by atoms with van der Waals surface area (Å²) in [6.45, 7) is 1.58. The maximum Gasteiger partial charge on any atom is 0.241 e. The van der Waals surface area contributed by atoms with Crippen molar-refractivity contribution >= 4 is 11.8 Å². The molecule has 5 heteroatoms. The number of rotatable bonds is 4. The van der Waals surface area contributed by atoms with Gasteiger partial charge < -0.3 is 16.0 Å². The van der Waals surface area contributed by atoms with Gasteiger partial charge in [0.25, 0.3) is 0 Å². The van der Waals surface area contributed by atoms with Crippen molar-refractivity contribution in [2.75, 3.05) is 19.6 Å². The predicted octanol–water partition coefficient (Wildman–Crippen LogP) is -0.924. The third kappa shape index (κ3) is 3.55. The van der Waals surface area contributed by atoms with Gasteiger partial charge in [0, 0.05) is 19.5 Å². The zero-order valence-electron chi connectivity index (χ0n) is 9.24. The van der Waals surface area contributed by atoms with Crippen LogP contribution in [0.2, 0.25) is 0 Å². The molecule has 0 spiro atoms. The summed E-state index contributed by atoms with van der Waals surface area (Å²) in [6.07, 6.45) is 7.30. The van der Waals surface area contributed by atoms with E-state index in [4.69, 9.17) is 12.2 Å². The summed E-state index contributed by atoms with van der Waals surface area (Å²) < 4.78 is 0. The first kappa shape index (κ1) is 12.5. The van der Waals surface area contributed by atoms with Gasteiger partial charge in [-0.1, -0.05) is 0 Å². The van der Waals surface area contributed by atoms with E-state index in [1.165, 1.54) is 0 Å². The third-order valence-electron chi connectivity index (χ3n) is 2.55. The van der Waals surface area contributed by atoms with Gasteiger partial charge in [-0.15, -0.1) is 12.3 Å². The molecule has 3 N–H and O–H groups in total. The highest BCUT2D eigenvalue weighted by atomic mass is 16.2. The number of nitrogens with two attached hydrogens (primary N) is 1. The zero-order chi connectivity index (χ0) is 12.0. The summed E-state index contributed by atoms with van der Waals surface area (Å²) in [4.78, 5) is 24.7. The number of nitrogens with one attached hydrogen (secondary N) is 1. The number of carbonyl (C=O) groups excluding carboxylic acids is 2. The Morgan fingerprint density at radius 2 is 2.06 bits per heavy atom. The van der Waals surface area contributed by atoms with Crippen LogP contribution < -0.4 is 11.1 Å². The highest BCUT2D eigenvalue weighted by Crippen LogP contribution is 2.06. The molecule has 0 saturated carbocycles. The first-order valence-corrected chi connectivity index (χ1v) is 5.39. The summed E-state index contributed by atoms with van der Waals surface area (Å²) >= 11 is 0. The van der Waals surface area contributed by atoms with Gasteiger partial charge in [-0.25, -0.2) is 0 Å². The molecule has 0 aliphatic carbocycles. The van der Waals surface area contributed by atoms with Gasteiger partial charge in [0.1, 0.15) is 0 Å². The molecule has 1 aliphatic heterocycles. The molecule has 2 amide bonds. The van der Waals surface area contributed by atoms with E-state index in [9.17, 15) is 9.59 Å². The molecule has 16 heavy (non-hydrogen) atoms. The summed E-state index contributed by atoms with van der Waals surface area (Å²) in [6, 6.07) is -0.726. The van der Waals surface area contributed by atoms with Gasteiger partial charge in [-0.2, -0.15) is 0 Å². The SMILES string of the molecule is C#CCC(N)C(=O)NCC(=O)N1CCCC1. The van der Waals surface area contributed by atoms with Crippen LogP contribution in [0.25, 0.3) is 0 Å². The van der Waals surface area contributed by atoms with Crippen molar-refractivity contribution in [3.8, 4) is 12.3 Å². The van der Waals surface area contributed by atoms with Crippen LogP contribution in [0.15, 0.2) is 0 Å². The molecule has 5 nitrogen and oxygen atoms in total. The van der Waals surface area contributed by atoms with Crippen molar-refractivity contribution in [2.24, 2.45) is 5.73 Å². The second kappa shape index (κ2) is 6.13. The maximum atomic E-state index is 11.6. The lowest BCUT2D eigenvalue weighted by atomic mass is 10.2. The monoisotopic (exact) mass is 223 g/mol. The van der Waals surface area contributed by atoms with Gasteiger partial charge in [0.15, 0.2) is 0 Å². The molecule has 0 aromatic heterocycles. The highest BCUT2D eigenvalue weighted by molar-refractivity contribution is 5.87. The second-order valence-electron chi connectivity index (χ2n) is 3.82. The van der Waals surface area contributed by atoms with Crippen LogP contribution in [0.3, 0.4) is 0 Å². The Balaban J connectivity index is 2.26. The van der Waals surface area contributed by atoms with Gasteiger partial charge in [-0.3, -0.25) is 9.59 Å². The molecule has 1 aliphatic rings.